The second-order valence-corrected chi connectivity index (χ2v) is 7.81. The first kappa shape index (κ1) is 17.3. The molecule has 1 saturated heterocycles. The fourth-order valence-corrected chi connectivity index (χ4v) is 3.93. The first-order chi connectivity index (χ1) is 12.6. The van der Waals surface area contributed by atoms with Crippen LogP contribution in [-0.4, -0.2) is 33.4 Å². The van der Waals surface area contributed by atoms with Crippen molar-refractivity contribution >= 4 is 5.91 Å². The lowest BCUT2D eigenvalue weighted by Crippen LogP contribution is -2.40. The molecule has 1 aromatic carbocycles. The van der Waals surface area contributed by atoms with Gasteiger partial charge in [0.25, 0.3) is 0 Å². The summed E-state index contributed by atoms with van der Waals surface area (Å²) in [7, 11) is 0. The topological polar surface area (TPSA) is 38.1 Å². The molecule has 1 saturated carbocycles. The van der Waals surface area contributed by atoms with Crippen LogP contribution in [0.3, 0.4) is 0 Å². The van der Waals surface area contributed by atoms with Crippen molar-refractivity contribution in [2.75, 3.05) is 13.1 Å². The molecule has 1 aliphatic heterocycles. The Morgan fingerprint density at radius 3 is 2.96 bits per heavy atom. The minimum atomic E-state index is -0.281. The second kappa shape index (κ2) is 7.22. The van der Waals surface area contributed by atoms with Gasteiger partial charge in [0, 0.05) is 37.9 Å². The van der Waals surface area contributed by atoms with Crippen LogP contribution in [-0.2, 0) is 17.8 Å². The Morgan fingerprint density at radius 1 is 1.31 bits per heavy atom. The largest absolute Gasteiger partial charge is 0.342 e. The summed E-state index contributed by atoms with van der Waals surface area (Å²) in [6.45, 7) is 4.49. The fraction of sp³-hybridized carbons (Fsp3) is 0.524. The molecular formula is C21H26FN3O. The van der Waals surface area contributed by atoms with E-state index in [2.05, 4.69) is 15.7 Å². The highest BCUT2D eigenvalue weighted by atomic mass is 19.1. The van der Waals surface area contributed by atoms with E-state index in [-0.39, 0.29) is 18.1 Å². The molecule has 1 amide bonds. The SMILES string of the molecule is Cc1ccc(F)cc1CC(=O)N1CCC[C@H](c2nccn2CC2CC2)C1. The molecule has 4 nitrogen and oxygen atoms in total. The van der Waals surface area contributed by atoms with Gasteiger partial charge in [-0.2, -0.15) is 0 Å². The Morgan fingerprint density at radius 2 is 2.15 bits per heavy atom. The van der Waals surface area contributed by atoms with Gasteiger partial charge in [0.15, 0.2) is 0 Å². The summed E-state index contributed by atoms with van der Waals surface area (Å²) in [5.74, 6) is 2.03. The van der Waals surface area contributed by atoms with Gasteiger partial charge in [-0.1, -0.05) is 6.07 Å². The number of hydrogen-bond donors (Lipinski definition) is 0. The molecule has 4 rings (SSSR count). The number of amides is 1. The van der Waals surface area contributed by atoms with Crippen LogP contribution >= 0.6 is 0 Å². The van der Waals surface area contributed by atoms with E-state index in [9.17, 15) is 9.18 Å². The molecule has 1 aliphatic carbocycles. The van der Waals surface area contributed by atoms with Crippen molar-refractivity contribution in [3.63, 3.8) is 0 Å². The summed E-state index contributed by atoms with van der Waals surface area (Å²) in [4.78, 5) is 19.3. The van der Waals surface area contributed by atoms with Crippen molar-refractivity contribution in [2.45, 2.75) is 51.5 Å². The van der Waals surface area contributed by atoms with Gasteiger partial charge >= 0.3 is 0 Å². The normalized spacial score (nSPS) is 20.4. The minimum Gasteiger partial charge on any atom is -0.342 e. The summed E-state index contributed by atoms with van der Waals surface area (Å²) in [5, 5.41) is 0. The molecular weight excluding hydrogens is 329 g/mol. The van der Waals surface area contributed by atoms with E-state index < -0.39 is 0 Å². The van der Waals surface area contributed by atoms with E-state index in [1.165, 1.54) is 25.0 Å². The van der Waals surface area contributed by atoms with E-state index in [0.717, 1.165) is 55.3 Å². The lowest BCUT2D eigenvalue weighted by atomic mass is 9.96. The average Bonchev–Trinajstić information content (AvgIpc) is 3.33. The van der Waals surface area contributed by atoms with Gasteiger partial charge in [-0.05, 0) is 61.8 Å². The van der Waals surface area contributed by atoms with Gasteiger partial charge in [-0.15, -0.1) is 0 Å². The van der Waals surface area contributed by atoms with Crippen molar-refractivity contribution in [1.82, 2.24) is 14.5 Å². The maximum atomic E-state index is 13.5. The number of carbonyl (C=O) groups excluding carboxylic acids is 1. The zero-order valence-corrected chi connectivity index (χ0v) is 15.3. The monoisotopic (exact) mass is 355 g/mol. The van der Waals surface area contributed by atoms with Crippen LogP contribution in [0.1, 0.15) is 48.6 Å². The zero-order chi connectivity index (χ0) is 18.1. The number of halogens is 1. The number of nitrogens with zero attached hydrogens (tertiary/aromatic N) is 3. The van der Waals surface area contributed by atoms with Gasteiger partial charge in [0.1, 0.15) is 11.6 Å². The van der Waals surface area contributed by atoms with Crippen molar-refractivity contribution in [2.24, 2.45) is 5.92 Å². The number of carbonyl (C=O) groups is 1. The fourth-order valence-electron chi connectivity index (χ4n) is 3.93. The molecule has 138 valence electrons. The van der Waals surface area contributed by atoms with E-state index in [1.54, 1.807) is 6.07 Å². The Balaban J connectivity index is 1.44. The lowest BCUT2D eigenvalue weighted by molar-refractivity contribution is -0.131. The predicted octanol–water partition coefficient (Wildman–Crippen LogP) is 3.69. The first-order valence-corrected chi connectivity index (χ1v) is 9.64. The molecule has 2 aliphatic rings. The molecule has 26 heavy (non-hydrogen) atoms. The quantitative estimate of drug-likeness (QED) is 0.820. The molecule has 0 bridgehead atoms. The number of hydrogen-bond acceptors (Lipinski definition) is 2. The van der Waals surface area contributed by atoms with Gasteiger partial charge in [-0.3, -0.25) is 4.79 Å². The number of rotatable bonds is 5. The number of likely N-dealkylation sites (tertiary alicyclic amines) is 1. The predicted molar refractivity (Wildman–Crippen MR) is 98.3 cm³/mol. The highest BCUT2D eigenvalue weighted by Crippen LogP contribution is 2.33. The summed E-state index contributed by atoms with van der Waals surface area (Å²) < 4.78 is 15.8. The molecule has 2 aromatic rings. The summed E-state index contributed by atoms with van der Waals surface area (Å²) in [6, 6.07) is 4.67. The van der Waals surface area contributed by atoms with Gasteiger partial charge in [0.05, 0.1) is 6.42 Å². The Labute approximate surface area is 154 Å². The van der Waals surface area contributed by atoms with Gasteiger partial charge in [0.2, 0.25) is 5.91 Å². The molecule has 2 heterocycles. The standard InChI is InChI=1S/C21H26FN3O/c1-15-4-7-19(22)11-18(15)12-20(26)24-9-2-3-17(14-24)21-23-8-10-25(21)13-16-5-6-16/h4,7-8,10-11,16-17H,2-3,5-6,9,12-14H2,1H3/t17-/m0/s1. The van der Waals surface area contributed by atoms with Crippen LogP contribution in [0, 0.1) is 18.7 Å². The third-order valence-electron chi connectivity index (χ3n) is 5.69. The number of piperidine rings is 1. The van der Waals surface area contributed by atoms with Crippen molar-refractivity contribution in [1.29, 1.82) is 0 Å². The zero-order valence-electron chi connectivity index (χ0n) is 15.3. The molecule has 0 N–H and O–H groups in total. The molecule has 0 unspecified atom stereocenters. The smallest absolute Gasteiger partial charge is 0.227 e. The van der Waals surface area contributed by atoms with Crippen molar-refractivity contribution in [3.8, 4) is 0 Å². The number of aromatic nitrogens is 2. The maximum absolute atomic E-state index is 13.5. The van der Waals surface area contributed by atoms with Crippen molar-refractivity contribution in [3.05, 3.63) is 53.4 Å². The number of imidazole rings is 1. The van der Waals surface area contributed by atoms with Crippen molar-refractivity contribution < 1.29 is 9.18 Å². The third-order valence-corrected chi connectivity index (χ3v) is 5.69. The molecule has 0 spiro atoms. The minimum absolute atomic E-state index is 0.0868. The van der Waals surface area contributed by atoms with Crippen LogP contribution in [0.25, 0.3) is 0 Å². The lowest BCUT2D eigenvalue weighted by Gasteiger charge is -2.33. The van der Waals surface area contributed by atoms with Crippen LogP contribution in [0.2, 0.25) is 0 Å². The highest BCUT2D eigenvalue weighted by Gasteiger charge is 2.29. The molecule has 2 fully saturated rings. The van der Waals surface area contributed by atoms with E-state index in [0.29, 0.717) is 5.92 Å². The highest BCUT2D eigenvalue weighted by molar-refractivity contribution is 5.79. The van der Waals surface area contributed by atoms with E-state index in [4.69, 9.17) is 0 Å². The Hall–Kier alpha value is -2.17. The Kier molecular flexibility index (Phi) is 4.79. The Bertz CT molecular complexity index is 796. The van der Waals surface area contributed by atoms with Crippen LogP contribution in [0.4, 0.5) is 4.39 Å². The third kappa shape index (κ3) is 3.81. The molecule has 0 radical (unpaired) electrons. The van der Waals surface area contributed by atoms with Crippen LogP contribution < -0.4 is 0 Å². The van der Waals surface area contributed by atoms with Crippen LogP contribution in [0.15, 0.2) is 30.6 Å². The van der Waals surface area contributed by atoms with Gasteiger partial charge in [-0.25, -0.2) is 9.37 Å². The summed E-state index contributed by atoms with van der Waals surface area (Å²) >= 11 is 0. The second-order valence-electron chi connectivity index (χ2n) is 7.81. The van der Waals surface area contributed by atoms with E-state index >= 15 is 0 Å². The summed E-state index contributed by atoms with van der Waals surface area (Å²) in [6.07, 6.45) is 8.94. The first-order valence-electron chi connectivity index (χ1n) is 9.64. The molecule has 1 aromatic heterocycles. The number of aryl methyl sites for hydroxylation is 1. The summed E-state index contributed by atoms with van der Waals surface area (Å²) in [5.41, 5.74) is 1.75. The average molecular weight is 355 g/mol. The maximum Gasteiger partial charge on any atom is 0.227 e. The van der Waals surface area contributed by atoms with Gasteiger partial charge < -0.3 is 9.47 Å². The van der Waals surface area contributed by atoms with E-state index in [1.807, 2.05) is 18.0 Å². The number of benzene rings is 1. The van der Waals surface area contributed by atoms with Crippen LogP contribution in [0.5, 0.6) is 0 Å². The molecule has 5 heteroatoms. The molecule has 1 atom stereocenters.